The van der Waals surface area contributed by atoms with E-state index in [1.807, 2.05) is 20.8 Å². The molecule has 0 aliphatic rings. The van der Waals surface area contributed by atoms with Crippen LogP contribution in [0.15, 0.2) is 15.7 Å². The van der Waals surface area contributed by atoms with Crippen LogP contribution in [0, 0.1) is 13.8 Å². The molecule has 0 amide bonds. The highest BCUT2D eigenvalue weighted by atomic mass is 35.5. The van der Waals surface area contributed by atoms with Crippen LogP contribution < -0.4 is 11.0 Å². The van der Waals surface area contributed by atoms with E-state index in [1.54, 1.807) is 6.07 Å². The maximum Gasteiger partial charge on any atom is 0.287 e. The van der Waals surface area contributed by atoms with Crippen LogP contribution in [-0.2, 0) is 6.42 Å². The van der Waals surface area contributed by atoms with Crippen LogP contribution >= 0.6 is 11.6 Å². The van der Waals surface area contributed by atoms with Crippen molar-refractivity contribution in [2.24, 2.45) is 0 Å². The molecule has 0 aliphatic heterocycles. The zero-order chi connectivity index (χ0) is 16.7. The molecule has 3 heterocycles. The van der Waals surface area contributed by atoms with Gasteiger partial charge in [-0.15, -0.1) is 0 Å². The van der Waals surface area contributed by atoms with Gasteiger partial charge in [-0.2, -0.15) is 4.68 Å². The summed E-state index contributed by atoms with van der Waals surface area (Å²) in [6.07, 6.45) is 1.45. The van der Waals surface area contributed by atoms with E-state index >= 15 is 0 Å². The molecule has 0 aliphatic carbocycles. The monoisotopic (exact) mass is 333 g/mol. The normalized spacial score (nSPS) is 11.3. The second-order valence-electron chi connectivity index (χ2n) is 5.45. The number of hydrogen-bond donors (Lipinski definition) is 2. The Bertz CT molecular complexity index is 995. The Kier molecular flexibility index (Phi) is 3.81. The molecular formula is C15H16ClN5O2. The van der Waals surface area contributed by atoms with Gasteiger partial charge in [-0.3, -0.25) is 14.7 Å². The molecule has 0 spiro atoms. The smallest absolute Gasteiger partial charge is 0.287 e. The molecule has 2 N–H and O–H groups in total. The van der Waals surface area contributed by atoms with Gasteiger partial charge in [-0.25, -0.2) is 9.97 Å². The predicted octanol–water partition coefficient (Wildman–Crippen LogP) is 2.02. The number of nitrogens with zero attached hydrogens (tertiary/aromatic N) is 3. The molecule has 0 saturated heterocycles. The van der Waals surface area contributed by atoms with Gasteiger partial charge in [-0.1, -0.05) is 24.9 Å². The molecule has 0 radical (unpaired) electrons. The Hall–Kier alpha value is -2.41. The third kappa shape index (κ3) is 2.57. The fourth-order valence-electron chi connectivity index (χ4n) is 2.56. The van der Waals surface area contributed by atoms with E-state index < -0.39 is 11.0 Å². The molecule has 0 atom stereocenters. The van der Waals surface area contributed by atoms with Crippen molar-refractivity contribution in [2.75, 3.05) is 0 Å². The minimum absolute atomic E-state index is 0.0161. The van der Waals surface area contributed by atoms with Crippen molar-refractivity contribution >= 4 is 22.6 Å². The number of aromatic nitrogens is 5. The zero-order valence-electron chi connectivity index (χ0n) is 13.0. The van der Waals surface area contributed by atoms with Crippen molar-refractivity contribution in [1.82, 2.24) is 24.7 Å². The molecule has 0 aromatic carbocycles. The summed E-state index contributed by atoms with van der Waals surface area (Å²) in [6.45, 7) is 5.61. The number of pyridine rings is 1. The van der Waals surface area contributed by atoms with E-state index in [0.29, 0.717) is 17.8 Å². The Balaban J connectivity index is 2.33. The van der Waals surface area contributed by atoms with E-state index in [1.165, 1.54) is 0 Å². The maximum atomic E-state index is 12.6. The molecule has 3 rings (SSSR count). The van der Waals surface area contributed by atoms with Crippen LogP contribution in [0.5, 0.6) is 0 Å². The van der Waals surface area contributed by atoms with Gasteiger partial charge in [0.1, 0.15) is 16.1 Å². The zero-order valence-corrected chi connectivity index (χ0v) is 13.8. The van der Waals surface area contributed by atoms with Crippen molar-refractivity contribution in [3.63, 3.8) is 0 Å². The minimum Gasteiger partial charge on any atom is -0.342 e. The number of halogens is 1. The summed E-state index contributed by atoms with van der Waals surface area (Å²) in [6, 6.07) is 1.80. The lowest BCUT2D eigenvalue weighted by molar-refractivity contribution is 0.776. The lowest BCUT2D eigenvalue weighted by atomic mass is 10.2. The SMILES string of the molecule is CCCc1[nH]c2[nH]n(-c3nc(C)cc(C)n3)c(=O)c2c(=O)c1Cl. The van der Waals surface area contributed by atoms with Crippen LogP contribution in [-0.4, -0.2) is 24.7 Å². The van der Waals surface area contributed by atoms with Gasteiger partial charge < -0.3 is 4.98 Å². The Morgan fingerprint density at radius 3 is 2.48 bits per heavy atom. The molecular weight excluding hydrogens is 318 g/mol. The molecule has 8 heteroatoms. The van der Waals surface area contributed by atoms with Crippen molar-refractivity contribution in [2.45, 2.75) is 33.6 Å². The Labute approximate surface area is 136 Å². The summed E-state index contributed by atoms with van der Waals surface area (Å²) in [5, 5.41) is 2.91. The maximum absolute atomic E-state index is 12.6. The third-order valence-electron chi connectivity index (χ3n) is 3.53. The first-order chi connectivity index (χ1) is 10.9. The first-order valence-corrected chi connectivity index (χ1v) is 7.68. The second kappa shape index (κ2) is 5.66. The van der Waals surface area contributed by atoms with Crippen molar-refractivity contribution in [3.05, 3.63) is 48.7 Å². The Morgan fingerprint density at radius 1 is 1.22 bits per heavy atom. The van der Waals surface area contributed by atoms with Gasteiger partial charge in [0.2, 0.25) is 5.43 Å². The number of hydrogen-bond acceptors (Lipinski definition) is 4. The van der Waals surface area contributed by atoms with Crippen molar-refractivity contribution in [3.8, 4) is 5.95 Å². The van der Waals surface area contributed by atoms with Crippen LogP contribution in [0.2, 0.25) is 5.02 Å². The van der Waals surface area contributed by atoms with Crippen molar-refractivity contribution in [1.29, 1.82) is 0 Å². The number of rotatable bonds is 3. The van der Waals surface area contributed by atoms with E-state index in [4.69, 9.17) is 11.6 Å². The summed E-state index contributed by atoms with van der Waals surface area (Å²) in [4.78, 5) is 36.5. The van der Waals surface area contributed by atoms with E-state index in [9.17, 15) is 9.59 Å². The van der Waals surface area contributed by atoms with E-state index in [2.05, 4.69) is 20.1 Å². The molecule has 0 bridgehead atoms. The van der Waals surface area contributed by atoms with Crippen molar-refractivity contribution < 1.29 is 0 Å². The van der Waals surface area contributed by atoms with E-state index in [-0.39, 0.29) is 16.4 Å². The predicted molar refractivity (Wildman–Crippen MR) is 88.6 cm³/mol. The summed E-state index contributed by atoms with van der Waals surface area (Å²) in [5.41, 5.74) is 1.41. The second-order valence-corrected chi connectivity index (χ2v) is 5.83. The number of fused-ring (bicyclic) bond motifs is 1. The highest BCUT2D eigenvalue weighted by Crippen LogP contribution is 2.14. The quantitative estimate of drug-likeness (QED) is 0.766. The first kappa shape index (κ1) is 15.5. The topological polar surface area (TPSA) is 96.4 Å². The standard InChI is InChI=1S/C15H16ClN5O2/c1-4-5-9-11(16)12(22)10-13(19-9)20-21(14(10)23)15-17-7(2)6-8(3)18-15/h6H,4-5H2,1-3H3,(H2,19,20,22). The van der Waals surface area contributed by atoms with Gasteiger partial charge in [0.15, 0.2) is 0 Å². The molecule has 0 unspecified atom stereocenters. The summed E-state index contributed by atoms with van der Waals surface area (Å²) in [7, 11) is 0. The fourth-order valence-corrected chi connectivity index (χ4v) is 2.80. The summed E-state index contributed by atoms with van der Waals surface area (Å²) in [5.74, 6) is 0.199. The average Bonchev–Trinajstić information content (AvgIpc) is 2.80. The summed E-state index contributed by atoms with van der Waals surface area (Å²) < 4.78 is 1.16. The van der Waals surface area contributed by atoms with Gasteiger partial charge in [-0.05, 0) is 26.3 Å². The van der Waals surface area contributed by atoms with Gasteiger partial charge in [0.05, 0.1) is 0 Å². The summed E-state index contributed by atoms with van der Waals surface area (Å²) >= 11 is 6.09. The minimum atomic E-state index is -0.517. The van der Waals surface area contributed by atoms with Gasteiger partial charge in [0, 0.05) is 17.1 Å². The number of nitrogens with one attached hydrogen (secondary N) is 2. The Morgan fingerprint density at radius 2 is 1.87 bits per heavy atom. The molecule has 23 heavy (non-hydrogen) atoms. The number of aromatic amines is 2. The third-order valence-corrected chi connectivity index (χ3v) is 3.93. The van der Waals surface area contributed by atoms with Crippen LogP contribution in [0.25, 0.3) is 17.0 Å². The molecule has 7 nitrogen and oxygen atoms in total. The fraction of sp³-hybridized carbons (Fsp3) is 0.333. The average molecular weight is 334 g/mol. The van der Waals surface area contributed by atoms with Crippen LogP contribution in [0.1, 0.15) is 30.4 Å². The highest BCUT2D eigenvalue weighted by Gasteiger charge is 2.18. The van der Waals surface area contributed by atoms with Crippen LogP contribution in [0.3, 0.4) is 0 Å². The molecule has 120 valence electrons. The van der Waals surface area contributed by atoms with Gasteiger partial charge in [0.25, 0.3) is 11.5 Å². The van der Waals surface area contributed by atoms with Crippen LogP contribution in [0.4, 0.5) is 0 Å². The molecule has 3 aromatic rings. The first-order valence-electron chi connectivity index (χ1n) is 7.30. The van der Waals surface area contributed by atoms with Gasteiger partial charge >= 0.3 is 0 Å². The lowest BCUT2D eigenvalue weighted by Crippen LogP contribution is -2.21. The molecule has 0 fully saturated rings. The van der Waals surface area contributed by atoms with E-state index in [0.717, 1.165) is 22.5 Å². The highest BCUT2D eigenvalue weighted by molar-refractivity contribution is 6.31. The lowest BCUT2D eigenvalue weighted by Gasteiger charge is -2.02. The largest absolute Gasteiger partial charge is 0.342 e. The number of H-pyrrole nitrogens is 2. The molecule has 3 aromatic heterocycles. The molecule has 0 saturated carbocycles. The number of aryl methyl sites for hydroxylation is 3.